The fourth-order valence-corrected chi connectivity index (χ4v) is 4.62. The normalized spacial score (nSPS) is 11.0. The summed E-state index contributed by atoms with van der Waals surface area (Å²) in [4.78, 5) is 47.6. The molecule has 0 saturated carbocycles. The van der Waals surface area contributed by atoms with Crippen LogP contribution in [0, 0.1) is 13.8 Å². The number of amides is 1. The van der Waals surface area contributed by atoms with Crippen molar-refractivity contribution in [2.75, 3.05) is 12.4 Å². The molecule has 3 heterocycles. The van der Waals surface area contributed by atoms with Crippen LogP contribution < -0.4 is 5.32 Å². The molecule has 0 fully saturated rings. The third-order valence-corrected chi connectivity index (χ3v) is 6.06. The Labute approximate surface area is 188 Å². The van der Waals surface area contributed by atoms with Gasteiger partial charge in [-0.05, 0) is 25.5 Å². The Morgan fingerprint density at radius 2 is 1.91 bits per heavy atom. The van der Waals surface area contributed by atoms with E-state index in [0.29, 0.717) is 22.1 Å². The smallest absolute Gasteiger partial charge is 0.339 e. The summed E-state index contributed by atoms with van der Waals surface area (Å²) in [5.74, 6) is -1.18. The first-order chi connectivity index (χ1) is 15.3. The van der Waals surface area contributed by atoms with Gasteiger partial charge in [0.1, 0.15) is 0 Å². The van der Waals surface area contributed by atoms with Crippen LogP contribution in [0.1, 0.15) is 44.7 Å². The van der Waals surface area contributed by atoms with Gasteiger partial charge in [0, 0.05) is 40.2 Å². The number of esters is 1. The lowest BCUT2D eigenvalue weighted by molar-refractivity contribution is -0.115. The van der Waals surface area contributed by atoms with Gasteiger partial charge in [-0.3, -0.25) is 9.59 Å². The number of para-hydroxylation sites is 1. The summed E-state index contributed by atoms with van der Waals surface area (Å²) >= 11 is 1.32. The highest BCUT2D eigenvalue weighted by Crippen LogP contribution is 2.34. The van der Waals surface area contributed by atoms with E-state index in [0.717, 1.165) is 27.9 Å². The lowest BCUT2D eigenvalue weighted by Gasteiger charge is -2.04. The molecule has 32 heavy (non-hydrogen) atoms. The standard InChI is InChI=1S/C23H22N4O4S/c1-11-19(22(30)31-4)16(25-21(11)13(3)28)9-18(29)27-23-26-17(10-32-23)20-12(2)24-15-8-6-5-7-14(15)20/h5-8,10,24-25H,9H2,1-4H3,(H,26,27,29). The fraction of sp³-hybridized carbons (Fsp3) is 0.217. The topological polar surface area (TPSA) is 117 Å². The summed E-state index contributed by atoms with van der Waals surface area (Å²) in [5.41, 5.74) is 5.09. The van der Waals surface area contributed by atoms with Gasteiger partial charge in [-0.15, -0.1) is 11.3 Å². The third-order valence-electron chi connectivity index (χ3n) is 5.31. The van der Waals surface area contributed by atoms with Gasteiger partial charge in [-0.1, -0.05) is 18.2 Å². The molecule has 0 unspecified atom stereocenters. The molecule has 3 N–H and O–H groups in total. The molecular formula is C23H22N4O4S. The van der Waals surface area contributed by atoms with Gasteiger partial charge < -0.3 is 20.0 Å². The number of aromatic nitrogens is 3. The zero-order valence-corrected chi connectivity index (χ0v) is 18.9. The Bertz CT molecular complexity index is 1360. The quantitative estimate of drug-likeness (QED) is 0.297. The number of nitrogens with one attached hydrogen (secondary N) is 3. The van der Waals surface area contributed by atoms with Crippen molar-refractivity contribution in [2.45, 2.75) is 27.2 Å². The number of hydrogen-bond donors (Lipinski definition) is 3. The zero-order chi connectivity index (χ0) is 23.0. The van der Waals surface area contributed by atoms with Gasteiger partial charge in [-0.25, -0.2) is 9.78 Å². The predicted octanol–water partition coefficient (Wildman–Crippen LogP) is 4.41. The van der Waals surface area contributed by atoms with Crippen LogP contribution in [0.5, 0.6) is 0 Å². The van der Waals surface area contributed by atoms with Gasteiger partial charge >= 0.3 is 5.97 Å². The van der Waals surface area contributed by atoms with Crippen LogP contribution in [0.15, 0.2) is 29.6 Å². The van der Waals surface area contributed by atoms with Crippen molar-refractivity contribution in [3.05, 3.63) is 57.9 Å². The number of aryl methyl sites for hydroxylation is 1. The van der Waals surface area contributed by atoms with Crippen molar-refractivity contribution in [1.82, 2.24) is 15.0 Å². The molecule has 0 spiro atoms. The monoisotopic (exact) mass is 450 g/mol. The van der Waals surface area contributed by atoms with Crippen LogP contribution in [0.25, 0.3) is 22.2 Å². The third kappa shape index (κ3) is 3.82. The molecule has 0 aliphatic carbocycles. The first-order valence-electron chi connectivity index (χ1n) is 9.93. The Balaban J connectivity index is 1.57. The number of H-pyrrole nitrogens is 2. The Hall–Kier alpha value is -3.72. The molecule has 4 rings (SSSR count). The van der Waals surface area contributed by atoms with E-state index in [1.807, 2.05) is 36.6 Å². The second kappa shape index (κ2) is 8.43. The van der Waals surface area contributed by atoms with E-state index in [9.17, 15) is 14.4 Å². The minimum absolute atomic E-state index is 0.125. The van der Waals surface area contributed by atoms with Gasteiger partial charge in [-0.2, -0.15) is 0 Å². The maximum absolute atomic E-state index is 12.7. The van der Waals surface area contributed by atoms with Crippen molar-refractivity contribution < 1.29 is 19.1 Å². The van der Waals surface area contributed by atoms with Crippen molar-refractivity contribution in [2.24, 2.45) is 0 Å². The number of nitrogens with zero attached hydrogens (tertiary/aromatic N) is 1. The first-order valence-corrected chi connectivity index (χ1v) is 10.8. The van der Waals surface area contributed by atoms with Crippen LogP contribution in [-0.4, -0.2) is 39.7 Å². The largest absolute Gasteiger partial charge is 0.465 e. The minimum Gasteiger partial charge on any atom is -0.465 e. The molecule has 0 radical (unpaired) electrons. The lowest BCUT2D eigenvalue weighted by atomic mass is 10.1. The number of rotatable bonds is 6. The number of hydrogen-bond acceptors (Lipinski definition) is 6. The zero-order valence-electron chi connectivity index (χ0n) is 18.1. The van der Waals surface area contributed by atoms with E-state index in [-0.39, 0.29) is 23.7 Å². The molecule has 0 saturated heterocycles. The van der Waals surface area contributed by atoms with Crippen molar-refractivity contribution in [1.29, 1.82) is 0 Å². The number of Topliss-reactive ketones (excluding diaryl/α,β-unsaturated/α-hetero) is 1. The molecule has 0 aliphatic rings. The summed E-state index contributed by atoms with van der Waals surface area (Å²) in [6.07, 6.45) is -0.125. The van der Waals surface area contributed by atoms with Crippen LogP contribution >= 0.6 is 11.3 Å². The molecule has 164 valence electrons. The average Bonchev–Trinajstić information content (AvgIpc) is 3.42. The van der Waals surface area contributed by atoms with Crippen LogP contribution in [0.4, 0.5) is 5.13 Å². The highest BCUT2D eigenvalue weighted by Gasteiger charge is 2.24. The fourth-order valence-electron chi connectivity index (χ4n) is 3.90. The van der Waals surface area contributed by atoms with Crippen LogP contribution in [-0.2, 0) is 16.0 Å². The Morgan fingerprint density at radius 1 is 1.16 bits per heavy atom. The summed E-state index contributed by atoms with van der Waals surface area (Å²) in [6.45, 7) is 5.03. The highest BCUT2D eigenvalue weighted by molar-refractivity contribution is 7.14. The molecule has 9 heteroatoms. The van der Waals surface area contributed by atoms with Gasteiger partial charge in [0.15, 0.2) is 10.9 Å². The van der Waals surface area contributed by atoms with Crippen molar-refractivity contribution in [3.63, 3.8) is 0 Å². The summed E-state index contributed by atoms with van der Waals surface area (Å²) in [7, 11) is 1.26. The number of ketones is 1. The number of anilines is 1. The Morgan fingerprint density at radius 3 is 2.62 bits per heavy atom. The molecule has 0 aliphatic heterocycles. The highest BCUT2D eigenvalue weighted by atomic mass is 32.1. The number of thiazole rings is 1. The number of methoxy groups -OCH3 is 1. The maximum atomic E-state index is 12.7. The van der Waals surface area contributed by atoms with E-state index in [1.54, 1.807) is 6.92 Å². The molecule has 3 aromatic heterocycles. The number of carbonyl (C=O) groups excluding carboxylic acids is 3. The summed E-state index contributed by atoms with van der Waals surface area (Å²) in [6, 6.07) is 7.98. The average molecular weight is 451 g/mol. The molecule has 0 atom stereocenters. The molecular weight excluding hydrogens is 428 g/mol. The minimum atomic E-state index is -0.597. The number of fused-ring (bicyclic) bond motifs is 1. The number of carbonyl (C=O) groups is 3. The number of ether oxygens (including phenoxy) is 1. The molecule has 0 bridgehead atoms. The van der Waals surface area contributed by atoms with E-state index >= 15 is 0 Å². The second-order valence-electron chi connectivity index (χ2n) is 7.46. The summed E-state index contributed by atoms with van der Waals surface area (Å²) in [5, 5.41) is 6.19. The van der Waals surface area contributed by atoms with Crippen molar-refractivity contribution in [3.8, 4) is 11.3 Å². The maximum Gasteiger partial charge on any atom is 0.339 e. The molecule has 1 aromatic carbocycles. The van der Waals surface area contributed by atoms with Crippen LogP contribution in [0.3, 0.4) is 0 Å². The van der Waals surface area contributed by atoms with E-state index in [1.165, 1.54) is 25.4 Å². The molecule has 1 amide bonds. The van der Waals surface area contributed by atoms with Gasteiger partial charge in [0.05, 0.1) is 30.5 Å². The number of benzene rings is 1. The van der Waals surface area contributed by atoms with Gasteiger partial charge in [0.25, 0.3) is 0 Å². The lowest BCUT2D eigenvalue weighted by Crippen LogP contribution is -2.17. The molecule has 4 aromatic rings. The number of aromatic amines is 2. The SMILES string of the molecule is COC(=O)c1c(CC(=O)Nc2nc(-c3c(C)[nH]c4ccccc34)cs2)[nH]c(C(C)=O)c1C. The molecule has 8 nitrogen and oxygen atoms in total. The summed E-state index contributed by atoms with van der Waals surface area (Å²) < 4.78 is 4.83. The van der Waals surface area contributed by atoms with Gasteiger partial charge in [0.2, 0.25) is 5.91 Å². The van der Waals surface area contributed by atoms with Crippen LogP contribution in [0.2, 0.25) is 0 Å². The van der Waals surface area contributed by atoms with E-state index < -0.39 is 5.97 Å². The Kier molecular flexibility index (Phi) is 5.67. The first kappa shape index (κ1) is 21.5. The van der Waals surface area contributed by atoms with E-state index in [2.05, 4.69) is 20.3 Å². The second-order valence-corrected chi connectivity index (χ2v) is 8.32. The van der Waals surface area contributed by atoms with Crippen molar-refractivity contribution >= 4 is 45.0 Å². The van der Waals surface area contributed by atoms with E-state index in [4.69, 9.17) is 4.74 Å². The predicted molar refractivity (Wildman–Crippen MR) is 123 cm³/mol.